The summed E-state index contributed by atoms with van der Waals surface area (Å²) in [4.78, 5) is 4.55. The van der Waals surface area contributed by atoms with Gasteiger partial charge in [0.2, 0.25) is 0 Å². The van der Waals surface area contributed by atoms with Gasteiger partial charge in [0.15, 0.2) is 0 Å². The number of benzene rings is 3. The van der Waals surface area contributed by atoms with Gasteiger partial charge in [-0.15, -0.1) is 0 Å². The monoisotopic (exact) mass is 349 g/mol. The molecule has 0 radical (unpaired) electrons. The Hall–Kier alpha value is -2.58. The minimum absolute atomic E-state index is 0.426. The molecule has 0 saturated carbocycles. The average Bonchev–Trinajstić information content (AvgIpc) is 2.67. The van der Waals surface area contributed by atoms with Crippen molar-refractivity contribution in [3.05, 3.63) is 94.5 Å². The molecule has 3 aromatic rings. The second kappa shape index (κ2) is 8.50. The van der Waals surface area contributed by atoms with E-state index in [1.165, 1.54) is 5.56 Å². The van der Waals surface area contributed by atoms with Crippen LogP contribution in [0.2, 0.25) is 5.02 Å². The first-order valence-corrected chi connectivity index (χ1v) is 8.72. The maximum absolute atomic E-state index is 6.19. The fourth-order valence-corrected chi connectivity index (χ4v) is 2.64. The Bertz CT molecular complexity index is 856. The fraction of sp³-hybridized carbons (Fsp3) is 0.136. The SMILES string of the molecule is CCc1ccc(N=Cc2ccccc2OCc2ccccc2Cl)cc1. The van der Waals surface area contributed by atoms with E-state index in [9.17, 15) is 0 Å². The van der Waals surface area contributed by atoms with Crippen LogP contribution in [-0.4, -0.2) is 6.21 Å². The highest BCUT2D eigenvalue weighted by atomic mass is 35.5. The van der Waals surface area contributed by atoms with Gasteiger partial charge in [0.05, 0.1) is 5.69 Å². The lowest BCUT2D eigenvalue weighted by Gasteiger charge is -2.10. The standard InChI is InChI=1S/C22H20ClNO/c1-2-17-11-13-20(14-12-17)24-15-18-7-4-6-10-22(18)25-16-19-8-3-5-9-21(19)23/h3-15H,2,16H2,1H3. The van der Waals surface area contributed by atoms with Crippen molar-refractivity contribution >= 4 is 23.5 Å². The van der Waals surface area contributed by atoms with Crippen molar-refractivity contribution in [2.75, 3.05) is 0 Å². The summed E-state index contributed by atoms with van der Waals surface area (Å²) >= 11 is 6.19. The molecule has 0 atom stereocenters. The zero-order valence-corrected chi connectivity index (χ0v) is 14.9. The van der Waals surface area contributed by atoms with Crippen LogP contribution in [0, 0.1) is 0 Å². The van der Waals surface area contributed by atoms with Gasteiger partial charge in [-0.2, -0.15) is 0 Å². The number of hydrogen-bond donors (Lipinski definition) is 0. The van der Waals surface area contributed by atoms with Gasteiger partial charge in [-0.05, 0) is 42.3 Å². The minimum Gasteiger partial charge on any atom is -0.488 e. The molecule has 0 saturated heterocycles. The molecule has 25 heavy (non-hydrogen) atoms. The van der Waals surface area contributed by atoms with E-state index >= 15 is 0 Å². The second-order valence-corrected chi connectivity index (χ2v) is 6.10. The van der Waals surface area contributed by atoms with Gasteiger partial charge in [-0.3, -0.25) is 4.99 Å². The Kier molecular flexibility index (Phi) is 5.86. The molecule has 3 aromatic carbocycles. The van der Waals surface area contributed by atoms with Crippen molar-refractivity contribution in [3.8, 4) is 5.75 Å². The van der Waals surface area contributed by atoms with Crippen LogP contribution in [0.5, 0.6) is 5.75 Å². The van der Waals surface area contributed by atoms with Crippen LogP contribution >= 0.6 is 11.6 Å². The molecule has 3 rings (SSSR count). The predicted octanol–water partition coefficient (Wildman–Crippen LogP) is 6.23. The number of hydrogen-bond acceptors (Lipinski definition) is 2. The number of aliphatic imine (C=N–C) groups is 1. The number of rotatable bonds is 6. The Morgan fingerprint density at radius 2 is 1.64 bits per heavy atom. The molecule has 0 aliphatic carbocycles. The van der Waals surface area contributed by atoms with Gasteiger partial charge in [0.25, 0.3) is 0 Å². The zero-order chi connectivity index (χ0) is 17.5. The highest BCUT2D eigenvalue weighted by Crippen LogP contribution is 2.22. The van der Waals surface area contributed by atoms with Crippen LogP contribution in [0.1, 0.15) is 23.6 Å². The third-order valence-electron chi connectivity index (χ3n) is 3.96. The summed E-state index contributed by atoms with van der Waals surface area (Å²) in [7, 11) is 0. The summed E-state index contributed by atoms with van der Waals surface area (Å²) in [6.45, 7) is 2.57. The summed E-state index contributed by atoms with van der Waals surface area (Å²) in [5.74, 6) is 0.788. The quantitative estimate of drug-likeness (QED) is 0.483. The van der Waals surface area contributed by atoms with E-state index in [0.29, 0.717) is 11.6 Å². The van der Waals surface area contributed by atoms with Crippen LogP contribution in [0.3, 0.4) is 0 Å². The molecule has 0 aliphatic heterocycles. The molecule has 0 aromatic heterocycles. The van der Waals surface area contributed by atoms with Crippen molar-refractivity contribution in [2.24, 2.45) is 4.99 Å². The molecule has 0 amide bonds. The van der Waals surface area contributed by atoms with Gasteiger partial charge in [0, 0.05) is 22.4 Å². The molecule has 0 N–H and O–H groups in total. The third kappa shape index (κ3) is 4.71. The van der Waals surface area contributed by atoms with Gasteiger partial charge in [-0.25, -0.2) is 0 Å². The predicted molar refractivity (Wildman–Crippen MR) is 105 cm³/mol. The third-order valence-corrected chi connectivity index (χ3v) is 4.33. The first-order valence-electron chi connectivity index (χ1n) is 8.34. The summed E-state index contributed by atoms with van der Waals surface area (Å²) in [6.07, 6.45) is 2.87. The molecule has 126 valence electrons. The first-order chi connectivity index (χ1) is 12.3. The highest BCUT2D eigenvalue weighted by molar-refractivity contribution is 6.31. The van der Waals surface area contributed by atoms with E-state index in [2.05, 4.69) is 24.0 Å². The summed E-state index contributed by atoms with van der Waals surface area (Å²) < 4.78 is 5.95. The van der Waals surface area contributed by atoms with Gasteiger partial charge in [-0.1, -0.05) is 61.0 Å². The van der Waals surface area contributed by atoms with E-state index in [4.69, 9.17) is 16.3 Å². The van der Waals surface area contributed by atoms with Crippen molar-refractivity contribution in [1.29, 1.82) is 0 Å². The lowest BCUT2D eigenvalue weighted by atomic mass is 10.1. The van der Waals surface area contributed by atoms with Gasteiger partial charge in [0.1, 0.15) is 12.4 Å². The molecule has 0 aliphatic rings. The molecule has 0 unspecified atom stereocenters. The number of nitrogens with zero attached hydrogens (tertiary/aromatic N) is 1. The van der Waals surface area contributed by atoms with Crippen molar-refractivity contribution in [3.63, 3.8) is 0 Å². The largest absolute Gasteiger partial charge is 0.488 e. The number of halogens is 1. The molecule has 0 heterocycles. The first kappa shape index (κ1) is 17.2. The number of aryl methyl sites for hydroxylation is 1. The fourth-order valence-electron chi connectivity index (χ4n) is 2.45. The van der Waals surface area contributed by atoms with E-state index in [1.807, 2.05) is 66.9 Å². The second-order valence-electron chi connectivity index (χ2n) is 5.70. The molecular weight excluding hydrogens is 330 g/mol. The number of para-hydroxylation sites is 1. The Balaban J connectivity index is 1.74. The summed E-state index contributed by atoms with van der Waals surface area (Å²) in [5, 5.41) is 0.713. The molecule has 0 bridgehead atoms. The van der Waals surface area contributed by atoms with Crippen LogP contribution in [-0.2, 0) is 13.0 Å². The van der Waals surface area contributed by atoms with E-state index in [-0.39, 0.29) is 0 Å². The van der Waals surface area contributed by atoms with Gasteiger partial charge < -0.3 is 4.74 Å². The smallest absolute Gasteiger partial charge is 0.128 e. The lowest BCUT2D eigenvalue weighted by molar-refractivity contribution is 0.306. The van der Waals surface area contributed by atoms with Crippen LogP contribution in [0.15, 0.2) is 77.8 Å². The maximum Gasteiger partial charge on any atom is 0.128 e. The Labute approximate surface area is 153 Å². The minimum atomic E-state index is 0.426. The van der Waals surface area contributed by atoms with Crippen molar-refractivity contribution < 1.29 is 4.74 Å². The topological polar surface area (TPSA) is 21.6 Å². The van der Waals surface area contributed by atoms with Crippen LogP contribution in [0.4, 0.5) is 5.69 Å². The van der Waals surface area contributed by atoms with Crippen molar-refractivity contribution in [2.45, 2.75) is 20.0 Å². The van der Waals surface area contributed by atoms with E-state index in [0.717, 1.165) is 29.0 Å². The molecule has 2 nitrogen and oxygen atoms in total. The lowest BCUT2D eigenvalue weighted by Crippen LogP contribution is -1.98. The Morgan fingerprint density at radius 3 is 2.40 bits per heavy atom. The van der Waals surface area contributed by atoms with E-state index in [1.54, 1.807) is 0 Å². The summed E-state index contributed by atoms with van der Waals surface area (Å²) in [5.41, 5.74) is 4.14. The average molecular weight is 350 g/mol. The van der Waals surface area contributed by atoms with Crippen LogP contribution in [0.25, 0.3) is 0 Å². The normalized spacial score (nSPS) is 11.0. The van der Waals surface area contributed by atoms with E-state index < -0.39 is 0 Å². The summed E-state index contributed by atoms with van der Waals surface area (Å²) in [6, 6.07) is 23.8. The molecule has 3 heteroatoms. The molecule has 0 spiro atoms. The van der Waals surface area contributed by atoms with Crippen molar-refractivity contribution in [1.82, 2.24) is 0 Å². The molecular formula is C22H20ClNO. The highest BCUT2D eigenvalue weighted by Gasteiger charge is 2.04. The van der Waals surface area contributed by atoms with Gasteiger partial charge >= 0.3 is 0 Å². The Morgan fingerprint density at radius 1 is 0.920 bits per heavy atom. The molecule has 0 fully saturated rings. The zero-order valence-electron chi connectivity index (χ0n) is 14.2. The van der Waals surface area contributed by atoms with Crippen LogP contribution < -0.4 is 4.74 Å². The number of ether oxygens (including phenoxy) is 1. The maximum atomic E-state index is 6.19.